The molecular formula is C20H33N3O3. The number of likely N-dealkylation sites (N-methyl/N-ethyl adjacent to an activating group) is 1. The fraction of sp³-hybridized carbons (Fsp3) is 0.700. The van der Waals surface area contributed by atoms with Crippen molar-refractivity contribution >= 4 is 11.9 Å². The monoisotopic (exact) mass is 363 g/mol. The number of rotatable bonds is 4. The van der Waals surface area contributed by atoms with Crippen LogP contribution in [0, 0.1) is 12.3 Å². The molecule has 0 saturated carbocycles. The summed E-state index contributed by atoms with van der Waals surface area (Å²) in [5.74, 6) is 1.67. The standard InChI is InChI=1S/C20H33N3O3/c1-8-23(12-17(24)22-19(3,4)5)18(25)21-15-10-20(6,7)11-16-14(15)9-13(2)26-16/h9,15H,8,10-12H2,1-7H3,(H,21,25)(H,22,24). The molecule has 3 amide bonds. The molecule has 0 saturated heterocycles. The summed E-state index contributed by atoms with van der Waals surface area (Å²) in [6.45, 7) is 14.5. The largest absolute Gasteiger partial charge is 0.466 e. The van der Waals surface area contributed by atoms with Gasteiger partial charge in [-0.05, 0) is 52.5 Å². The lowest BCUT2D eigenvalue weighted by molar-refractivity contribution is -0.123. The third-order valence-electron chi connectivity index (χ3n) is 4.55. The number of amides is 3. The summed E-state index contributed by atoms with van der Waals surface area (Å²) < 4.78 is 5.83. The van der Waals surface area contributed by atoms with Crippen molar-refractivity contribution in [3.63, 3.8) is 0 Å². The van der Waals surface area contributed by atoms with Gasteiger partial charge in [0, 0.05) is 24.1 Å². The van der Waals surface area contributed by atoms with E-state index in [4.69, 9.17) is 4.42 Å². The number of furan rings is 1. The summed E-state index contributed by atoms with van der Waals surface area (Å²) in [6, 6.07) is 1.69. The molecule has 0 radical (unpaired) electrons. The van der Waals surface area contributed by atoms with E-state index in [2.05, 4.69) is 24.5 Å². The summed E-state index contributed by atoms with van der Waals surface area (Å²) in [6.07, 6.45) is 1.71. The van der Waals surface area contributed by atoms with Crippen molar-refractivity contribution in [2.24, 2.45) is 5.41 Å². The van der Waals surface area contributed by atoms with Crippen LogP contribution in [0.5, 0.6) is 0 Å². The highest BCUT2D eigenvalue weighted by Crippen LogP contribution is 2.42. The van der Waals surface area contributed by atoms with Gasteiger partial charge < -0.3 is 20.0 Å². The van der Waals surface area contributed by atoms with Gasteiger partial charge in [-0.15, -0.1) is 0 Å². The van der Waals surface area contributed by atoms with Crippen molar-refractivity contribution < 1.29 is 14.0 Å². The van der Waals surface area contributed by atoms with Crippen LogP contribution in [-0.2, 0) is 11.2 Å². The van der Waals surface area contributed by atoms with Gasteiger partial charge in [0.2, 0.25) is 5.91 Å². The summed E-state index contributed by atoms with van der Waals surface area (Å²) in [4.78, 5) is 26.5. The van der Waals surface area contributed by atoms with Crippen molar-refractivity contribution in [3.8, 4) is 0 Å². The van der Waals surface area contributed by atoms with Gasteiger partial charge in [-0.3, -0.25) is 4.79 Å². The molecule has 0 aliphatic heterocycles. The third kappa shape index (κ3) is 5.26. The highest BCUT2D eigenvalue weighted by Gasteiger charge is 2.36. The fourth-order valence-electron chi connectivity index (χ4n) is 3.51. The normalized spacial score (nSPS) is 18.8. The topological polar surface area (TPSA) is 74.6 Å². The second kappa shape index (κ2) is 7.33. The van der Waals surface area contributed by atoms with E-state index in [0.29, 0.717) is 6.54 Å². The Morgan fingerprint density at radius 2 is 2.00 bits per heavy atom. The predicted molar refractivity (Wildman–Crippen MR) is 102 cm³/mol. The van der Waals surface area contributed by atoms with E-state index in [-0.39, 0.29) is 35.5 Å². The summed E-state index contributed by atoms with van der Waals surface area (Å²) in [5.41, 5.74) is 0.796. The van der Waals surface area contributed by atoms with Gasteiger partial charge in [-0.25, -0.2) is 4.79 Å². The maximum absolute atomic E-state index is 12.8. The zero-order chi connectivity index (χ0) is 19.7. The van der Waals surface area contributed by atoms with Crippen LogP contribution in [0.3, 0.4) is 0 Å². The Morgan fingerprint density at radius 1 is 1.35 bits per heavy atom. The van der Waals surface area contributed by atoms with E-state index >= 15 is 0 Å². The average molecular weight is 364 g/mol. The molecule has 26 heavy (non-hydrogen) atoms. The Hall–Kier alpha value is -1.98. The van der Waals surface area contributed by atoms with Crippen LogP contribution in [0.1, 0.15) is 71.1 Å². The smallest absolute Gasteiger partial charge is 0.318 e. The third-order valence-corrected chi connectivity index (χ3v) is 4.55. The number of carbonyl (C=O) groups is 2. The van der Waals surface area contributed by atoms with Crippen molar-refractivity contribution in [2.45, 2.75) is 72.9 Å². The number of nitrogens with zero attached hydrogens (tertiary/aromatic N) is 1. The first-order valence-corrected chi connectivity index (χ1v) is 9.36. The molecule has 0 bridgehead atoms. The molecule has 0 fully saturated rings. The van der Waals surface area contributed by atoms with Crippen LogP contribution in [0.2, 0.25) is 0 Å². The molecule has 1 aromatic heterocycles. The van der Waals surface area contributed by atoms with Gasteiger partial charge in [0.15, 0.2) is 0 Å². The molecule has 2 rings (SSSR count). The van der Waals surface area contributed by atoms with Gasteiger partial charge in [0.05, 0.1) is 6.04 Å². The molecule has 1 aliphatic rings. The van der Waals surface area contributed by atoms with Gasteiger partial charge in [0.1, 0.15) is 18.1 Å². The minimum atomic E-state index is -0.316. The summed E-state index contributed by atoms with van der Waals surface area (Å²) >= 11 is 0. The molecule has 0 aromatic carbocycles. The Kier molecular flexibility index (Phi) is 5.73. The molecule has 2 N–H and O–H groups in total. The van der Waals surface area contributed by atoms with E-state index < -0.39 is 0 Å². The minimum absolute atomic E-state index is 0.0486. The zero-order valence-corrected chi connectivity index (χ0v) is 17.2. The molecule has 1 atom stereocenters. The van der Waals surface area contributed by atoms with Crippen molar-refractivity contribution in [1.82, 2.24) is 15.5 Å². The molecule has 146 valence electrons. The Morgan fingerprint density at radius 3 is 2.58 bits per heavy atom. The quantitative estimate of drug-likeness (QED) is 0.859. The van der Waals surface area contributed by atoms with E-state index in [1.165, 1.54) is 4.90 Å². The van der Waals surface area contributed by atoms with E-state index in [9.17, 15) is 9.59 Å². The number of nitrogens with one attached hydrogen (secondary N) is 2. The number of fused-ring (bicyclic) bond motifs is 1. The molecule has 1 unspecified atom stereocenters. The van der Waals surface area contributed by atoms with Crippen LogP contribution < -0.4 is 10.6 Å². The first kappa shape index (κ1) is 20.3. The number of hydrogen-bond donors (Lipinski definition) is 2. The molecule has 1 aromatic rings. The Bertz CT molecular complexity index is 670. The lowest BCUT2D eigenvalue weighted by Gasteiger charge is -2.35. The number of hydrogen-bond acceptors (Lipinski definition) is 3. The number of aryl methyl sites for hydroxylation is 1. The van der Waals surface area contributed by atoms with Gasteiger partial charge in [-0.2, -0.15) is 0 Å². The zero-order valence-electron chi connectivity index (χ0n) is 17.2. The molecule has 1 aliphatic carbocycles. The van der Waals surface area contributed by atoms with Gasteiger partial charge in [0.25, 0.3) is 0 Å². The molecule has 1 heterocycles. The second-order valence-corrected chi connectivity index (χ2v) is 9.10. The maximum atomic E-state index is 12.8. The summed E-state index contributed by atoms with van der Waals surface area (Å²) in [5, 5.41) is 6.01. The SMILES string of the molecule is CCN(CC(=O)NC(C)(C)C)C(=O)NC1CC(C)(C)Cc2oc(C)cc21. The van der Waals surface area contributed by atoms with Crippen LogP contribution >= 0.6 is 0 Å². The van der Waals surface area contributed by atoms with Gasteiger partial charge in [-0.1, -0.05) is 13.8 Å². The van der Waals surface area contributed by atoms with Crippen molar-refractivity contribution in [3.05, 3.63) is 23.2 Å². The molecule has 0 spiro atoms. The first-order chi connectivity index (χ1) is 11.9. The molecule has 6 nitrogen and oxygen atoms in total. The van der Waals surface area contributed by atoms with E-state index in [0.717, 1.165) is 29.9 Å². The maximum Gasteiger partial charge on any atom is 0.318 e. The van der Waals surface area contributed by atoms with E-state index in [1.54, 1.807) is 0 Å². The number of urea groups is 1. The van der Waals surface area contributed by atoms with Crippen LogP contribution in [0.4, 0.5) is 4.79 Å². The lowest BCUT2D eigenvalue weighted by Crippen LogP contribution is -2.50. The van der Waals surface area contributed by atoms with Crippen LogP contribution in [0.25, 0.3) is 0 Å². The Labute approximate surface area is 156 Å². The highest BCUT2D eigenvalue weighted by atomic mass is 16.3. The van der Waals surface area contributed by atoms with Crippen LogP contribution in [0.15, 0.2) is 10.5 Å². The second-order valence-electron chi connectivity index (χ2n) is 9.10. The predicted octanol–water partition coefficient (Wildman–Crippen LogP) is 3.55. The van der Waals surface area contributed by atoms with Gasteiger partial charge >= 0.3 is 6.03 Å². The molecule has 6 heteroatoms. The minimum Gasteiger partial charge on any atom is -0.466 e. The van der Waals surface area contributed by atoms with Crippen molar-refractivity contribution in [2.75, 3.05) is 13.1 Å². The number of carbonyl (C=O) groups excluding carboxylic acids is 2. The van der Waals surface area contributed by atoms with Crippen LogP contribution in [-0.4, -0.2) is 35.5 Å². The fourth-order valence-corrected chi connectivity index (χ4v) is 3.51. The average Bonchev–Trinajstić information content (AvgIpc) is 2.81. The van der Waals surface area contributed by atoms with E-state index in [1.807, 2.05) is 40.7 Å². The lowest BCUT2D eigenvalue weighted by atomic mass is 9.75. The molecular weight excluding hydrogens is 330 g/mol. The Balaban J connectivity index is 2.08. The first-order valence-electron chi connectivity index (χ1n) is 9.36. The summed E-state index contributed by atoms with van der Waals surface area (Å²) in [7, 11) is 0. The van der Waals surface area contributed by atoms with Crippen molar-refractivity contribution in [1.29, 1.82) is 0 Å². The highest BCUT2D eigenvalue weighted by molar-refractivity contribution is 5.84.